The summed E-state index contributed by atoms with van der Waals surface area (Å²) in [6.07, 6.45) is 0.878. The predicted molar refractivity (Wildman–Crippen MR) is 84.8 cm³/mol. The lowest BCUT2D eigenvalue weighted by Crippen LogP contribution is -2.45. The number of likely N-dealkylation sites (tertiary alicyclic amines) is 1. The second-order valence-corrected chi connectivity index (χ2v) is 6.94. The van der Waals surface area contributed by atoms with Crippen LogP contribution in [0.25, 0.3) is 0 Å². The monoisotopic (exact) mass is 335 g/mol. The van der Waals surface area contributed by atoms with E-state index >= 15 is 0 Å². The maximum atomic E-state index is 13.3. The quantitative estimate of drug-likeness (QED) is 0.913. The fraction of sp³-hybridized carbons (Fsp3) is 0.556. The summed E-state index contributed by atoms with van der Waals surface area (Å²) in [4.78, 5) is 26.2. The Kier molecular flexibility index (Phi) is 4.58. The number of rotatable bonds is 4. The molecule has 0 aliphatic carbocycles. The van der Waals surface area contributed by atoms with E-state index in [0.717, 1.165) is 5.56 Å². The van der Waals surface area contributed by atoms with Gasteiger partial charge in [-0.3, -0.25) is 9.59 Å². The Morgan fingerprint density at radius 3 is 2.96 bits per heavy atom. The molecule has 2 aliphatic heterocycles. The number of fused-ring (bicyclic) bond motifs is 1. The molecule has 2 heterocycles. The number of nitrogens with zero attached hydrogens (tertiary/aromatic N) is 1. The number of halogens is 1. The Morgan fingerprint density at radius 1 is 1.50 bits per heavy atom. The molecule has 0 bridgehead atoms. The Hall–Kier alpha value is -1.95. The van der Waals surface area contributed by atoms with Crippen molar-refractivity contribution in [2.45, 2.75) is 19.8 Å². The van der Waals surface area contributed by atoms with Gasteiger partial charge in [-0.25, -0.2) is 4.39 Å². The molecule has 0 radical (unpaired) electrons. The number of carbonyl (C=O) groups is 2. The Balaban J connectivity index is 1.70. The summed E-state index contributed by atoms with van der Waals surface area (Å²) in [5, 5.41) is 9.67. The van der Waals surface area contributed by atoms with Crippen molar-refractivity contribution in [1.82, 2.24) is 4.90 Å². The largest absolute Gasteiger partial charge is 0.481 e. The van der Waals surface area contributed by atoms with Crippen LogP contribution in [0.15, 0.2) is 24.3 Å². The van der Waals surface area contributed by atoms with E-state index in [1.165, 1.54) is 12.1 Å². The molecule has 3 atom stereocenters. The number of hydrogen-bond donors (Lipinski definition) is 1. The minimum Gasteiger partial charge on any atom is -0.481 e. The highest BCUT2D eigenvalue weighted by Gasteiger charge is 2.55. The van der Waals surface area contributed by atoms with Gasteiger partial charge < -0.3 is 14.7 Å². The van der Waals surface area contributed by atoms with E-state index in [1.54, 1.807) is 24.0 Å². The summed E-state index contributed by atoms with van der Waals surface area (Å²) in [6.45, 7) is 3.26. The Labute approximate surface area is 140 Å². The molecule has 2 aliphatic rings. The molecule has 1 aromatic carbocycles. The zero-order valence-corrected chi connectivity index (χ0v) is 13.7. The molecule has 1 amide bonds. The third-order valence-electron chi connectivity index (χ3n) is 5.30. The van der Waals surface area contributed by atoms with Gasteiger partial charge in [0.1, 0.15) is 5.82 Å². The molecule has 1 aromatic rings. The van der Waals surface area contributed by atoms with E-state index in [2.05, 4.69) is 0 Å². The first-order valence-electron chi connectivity index (χ1n) is 8.27. The molecule has 3 rings (SSSR count). The van der Waals surface area contributed by atoms with Crippen LogP contribution in [0.1, 0.15) is 18.9 Å². The Bertz CT molecular complexity index is 650. The second-order valence-electron chi connectivity index (χ2n) is 6.94. The Morgan fingerprint density at radius 2 is 2.29 bits per heavy atom. The van der Waals surface area contributed by atoms with Crippen LogP contribution in [0.5, 0.6) is 0 Å². The fourth-order valence-corrected chi connectivity index (χ4v) is 3.88. The molecule has 5 nitrogen and oxygen atoms in total. The van der Waals surface area contributed by atoms with Crippen LogP contribution in [-0.4, -0.2) is 48.2 Å². The van der Waals surface area contributed by atoms with Gasteiger partial charge >= 0.3 is 5.97 Å². The van der Waals surface area contributed by atoms with Crippen molar-refractivity contribution in [3.05, 3.63) is 35.6 Å². The summed E-state index contributed by atoms with van der Waals surface area (Å²) in [5.74, 6) is -1.72. The normalized spacial score (nSPS) is 27.6. The van der Waals surface area contributed by atoms with Gasteiger partial charge in [0.25, 0.3) is 0 Å². The van der Waals surface area contributed by atoms with Crippen molar-refractivity contribution in [3.8, 4) is 0 Å². The number of carbonyl (C=O) groups excluding carboxylic acids is 1. The number of aliphatic carboxylic acids is 1. The average Bonchev–Trinajstić information content (AvgIpc) is 2.95. The van der Waals surface area contributed by atoms with Crippen molar-refractivity contribution < 1.29 is 23.8 Å². The number of ether oxygens (including phenoxy) is 1. The molecule has 0 saturated carbocycles. The first-order valence-corrected chi connectivity index (χ1v) is 8.27. The van der Waals surface area contributed by atoms with E-state index in [1.807, 2.05) is 0 Å². The van der Waals surface area contributed by atoms with Crippen LogP contribution in [0.2, 0.25) is 0 Å². The van der Waals surface area contributed by atoms with Crippen molar-refractivity contribution in [2.24, 2.45) is 17.3 Å². The SMILES string of the molecule is CC(Cc1cccc(F)c1)C(=O)N1C[C@H]2COCC[C@@]2(C(=O)O)C1. The molecule has 0 spiro atoms. The van der Waals surface area contributed by atoms with Crippen LogP contribution < -0.4 is 0 Å². The lowest BCUT2D eigenvalue weighted by molar-refractivity contribution is -0.157. The molecule has 1 unspecified atom stereocenters. The number of benzene rings is 1. The van der Waals surface area contributed by atoms with E-state index in [0.29, 0.717) is 32.6 Å². The highest BCUT2D eigenvalue weighted by Crippen LogP contribution is 2.42. The highest BCUT2D eigenvalue weighted by atomic mass is 19.1. The summed E-state index contributed by atoms with van der Waals surface area (Å²) in [6, 6.07) is 6.23. The van der Waals surface area contributed by atoms with Gasteiger partial charge in [-0.2, -0.15) is 0 Å². The van der Waals surface area contributed by atoms with Crippen LogP contribution in [-0.2, 0) is 20.7 Å². The first-order chi connectivity index (χ1) is 11.4. The van der Waals surface area contributed by atoms with Gasteiger partial charge in [0.05, 0.1) is 12.0 Å². The number of carboxylic acid groups (broad SMARTS) is 1. The molecular weight excluding hydrogens is 313 g/mol. The molecule has 130 valence electrons. The van der Waals surface area contributed by atoms with Gasteiger partial charge in [-0.05, 0) is 30.5 Å². The molecule has 2 saturated heterocycles. The molecule has 24 heavy (non-hydrogen) atoms. The van der Waals surface area contributed by atoms with Crippen LogP contribution in [0.3, 0.4) is 0 Å². The standard InChI is InChI=1S/C18H22FNO4/c1-12(7-13-3-2-4-15(19)8-13)16(21)20-9-14-10-24-6-5-18(14,11-20)17(22)23/h2-4,8,12,14H,5-7,9-11H2,1H3,(H,22,23)/t12?,14-,18+/m0/s1. The second kappa shape index (κ2) is 6.51. The molecule has 1 N–H and O–H groups in total. The predicted octanol–water partition coefficient (Wildman–Crippen LogP) is 1.95. The van der Waals surface area contributed by atoms with Gasteiger partial charge in [-0.15, -0.1) is 0 Å². The van der Waals surface area contributed by atoms with Crippen molar-refractivity contribution in [3.63, 3.8) is 0 Å². The first kappa shape index (κ1) is 16.9. The lowest BCUT2D eigenvalue weighted by atomic mass is 9.74. The van der Waals surface area contributed by atoms with Gasteiger partial charge in [-0.1, -0.05) is 19.1 Å². The smallest absolute Gasteiger partial charge is 0.311 e. The third-order valence-corrected chi connectivity index (χ3v) is 5.30. The summed E-state index contributed by atoms with van der Waals surface area (Å²) >= 11 is 0. The van der Waals surface area contributed by atoms with E-state index in [9.17, 15) is 19.1 Å². The lowest BCUT2D eigenvalue weighted by Gasteiger charge is -2.33. The van der Waals surface area contributed by atoms with Crippen molar-refractivity contribution >= 4 is 11.9 Å². The fourth-order valence-electron chi connectivity index (χ4n) is 3.88. The number of carboxylic acids is 1. The van der Waals surface area contributed by atoms with E-state index in [-0.39, 0.29) is 30.1 Å². The minimum absolute atomic E-state index is 0.0747. The maximum Gasteiger partial charge on any atom is 0.311 e. The zero-order valence-electron chi connectivity index (χ0n) is 13.7. The summed E-state index contributed by atoms with van der Waals surface area (Å²) < 4.78 is 18.7. The molecule has 2 fully saturated rings. The van der Waals surface area contributed by atoms with Crippen molar-refractivity contribution in [2.75, 3.05) is 26.3 Å². The van der Waals surface area contributed by atoms with Crippen molar-refractivity contribution in [1.29, 1.82) is 0 Å². The molecule has 0 aromatic heterocycles. The van der Waals surface area contributed by atoms with Crippen LogP contribution >= 0.6 is 0 Å². The number of hydrogen-bond acceptors (Lipinski definition) is 3. The van der Waals surface area contributed by atoms with E-state index in [4.69, 9.17) is 4.74 Å². The molecule has 6 heteroatoms. The average molecular weight is 335 g/mol. The third kappa shape index (κ3) is 3.02. The minimum atomic E-state index is -0.882. The van der Waals surface area contributed by atoms with Gasteiger partial charge in [0.2, 0.25) is 5.91 Å². The topological polar surface area (TPSA) is 66.8 Å². The van der Waals surface area contributed by atoms with Gasteiger partial charge in [0.15, 0.2) is 0 Å². The summed E-state index contributed by atoms with van der Waals surface area (Å²) in [5.41, 5.74) is -0.115. The zero-order chi connectivity index (χ0) is 17.3. The highest BCUT2D eigenvalue weighted by molar-refractivity contribution is 5.82. The van der Waals surface area contributed by atoms with Gasteiger partial charge in [0, 0.05) is 31.5 Å². The molecular formula is C18H22FNO4. The van der Waals surface area contributed by atoms with Crippen LogP contribution in [0, 0.1) is 23.1 Å². The maximum absolute atomic E-state index is 13.3. The van der Waals surface area contributed by atoms with Crippen LogP contribution in [0.4, 0.5) is 4.39 Å². The summed E-state index contributed by atoms with van der Waals surface area (Å²) in [7, 11) is 0. The number of amides is 1. The van der Waals surface area contributed by atoms with E-state index < -0.39 is 11.4 Å².